The number of anilines is 1. The number of amides is 1. The molecule has 1 amide bonds. The molecular formula is C27H30FN3O4. The Morgan fingerprint density at radius 3 is 2.60 bits per heavy atom. The number of aliphatic hydroxyl groups excluding tert-OH is 1. The fraction of sp³-hybridized carbons (Fsp3) is 0.407. The van der Waals surface area contributed by atoms with Crippen LogP contribution in [0.4, 0.5) is 10.1 Å². The Morgan fingerprint density at radius 1 is 1.06 bits per heavy atom. The number of carbonyl (C=O) groups is 1. The van der Waals surface area contributed by atoms with Crippen molar-refractivity contribution in [2.24, 2.45) is 0 Å². The number of rotatable bonds is 5. The van der Waals surface area contributed by atoms with Gasteiger partial charge in [0.25, 0.3) is 11.5 Å². The van der Waals surface area contributed by atoms with Crippen molar-refractivity contribution >= 4 is 22.4 Å². The van der Waals surface area contributed by atoms with Crippen molar-refractivity contribution in [2.45, 2.75) is 44.4 Å². The van der Waals surface area contributed by atoms with Gasteiger partial charge in [-0.15, -0.1) is 0 Å². The number of ether oxygens (including phenoxy) is 1. The maximum atomic E-state index is 14.4. The summed E-state index contributed by atoms with van der Waals surface area (Å²) in [6.45, 7) is 3.18. The van der Waals surface area contributed by atoms with Gasteiger partial charge in [0.05, 0.1) is 25.9 Å². The number of carbonyl (C=O) groups excluding carboxylic acids is 1. The van der Waals surface area contributed by atoms with Crippen LogP contribution in [0.25, 0.3) is 10.8 Å². The van der Waals surface area contributed by atoms with Crippen LogP contribution in [0.1, 0.15) is 41.6 Å². The maximum absolute atomic E-state index is 14.4. The molecule has 7 nitrogen and oxygen atoms in total. The molecule has 1 aliphatic carbocycles. The molecule has 2 heterocycles. The molecule has 0 spiro atoms. The second kappa shape index (κ2) is 10.2. The molecule has 1 saturated heterocycles. The average Bonchev–Trinajstić information content (AvgIpc) is 2.87. The number of pyridine rings is 1. The van der Waals surface area contributed by atoms with Crippen molar-refractivity contribution < 1.29 is 19.0 Å². The van der Waals surface area contributed by atoms with E-state index in [0.29, 0.717) is 49.8 Å². The van der Waals surface area contributed by atoms with Crippen LogP contribution in [-0.2, 0) is 11.3 Å². The topological polar surface area (TPSA) is 83.8 Å². The van der Waals surface area contributed by atoms with E-state index in [2.05, 4.69) is 10.2 Å². The summed E-state index contributed by atoms with van der Waals surface area (Å²) in [5.74, 6) is -0.857. The van der Waals surface area contributed by atoms with Gasteiger partial charge in [0.2, 0.25) is 0 Å². The van der Waals surface area contributed by atoms with Crippen LogP contribution < -0.4 is 15.8 Å². The third-order valence-corrected chi connectivity index (χ3v) is 6.94. The second-order valence-electron chi connectivity index (χ2n) is 9.45. The molecule has 0 atom stereocenters. The molecule has 1 aromatic heterocycles. The molecule has 2 N–H and O–H groups in total. The Kier molecular flexibility index (Phi) is 6.83. The van der Waals surface area contributed by atoms with E-state index in [1.165, 1.54) is 16.7 Å². The van der Waals surface area contributed by atoms with E-state index < -0.39 is 5.82 Å². The maximum Gasteiger partial charge on any atom is 0.258 e. The van der Waals surface area contributed by atoms with Gasteiger partial charge >= 0.3 is 0 Å². The van der Waals surface area contributed by atoms with Gasteiger partial charge in [-0.3, -0.25) is 9.59 Å². The third kappa shape index (κ3) is 5.39. The minimum Gasteiger partial charge on any atom is -0.393 e. The number of hydrogen-bond donors (Lipinski definition) is 2. The number of halogens is 1. The average molecular weight is 480 g/mol. The molecule has 5 rings (SSSR count). The molecule has 0 radical (unpaired) electrons. The quantitative estimate of drug-likeness (QED) is 0.588. The largest absolute Gasteiger partial charge is 0.393 e. The lowest BCUT2D eigenvalue weighted by Gasteiger charge is -2.29. The first-order chi connectivity index (χ1) is 17.0. The van der Waals surface area contributed by atoms with Crippen molar-refractivity contribution in [2.75, 3.05) is 31.2 Å². The predicted octanol–water partition coefficient (Wildman–Crippen LogP) is 3.06. The van der Waals surface area contributed by atoms with Crippen molar-refractivity contribution in [1.82, 2.24) is 9.88 Å². The lowest BCUT2D eigenvalue weighted by molar-refractivity contribution is 0.0867. The Morgan fingerprint density at radius 2 is 1.83 bits per heavy atom. The number of aromatic nitrogens is 1. The van der Waals surface area contributed by atoms with Crippen LogP contribution in [0.15, 0.2) is 53.5 Å². The lowest BCUT2D eigenvalue weighted by Crippen LogP contribution is -2.38. The zero-order valence-corrected chi connectivity index (χ0v) is 19.6. The molecule has 2 aliphatic rings. The minimum atomic E-state index is -0.518. The molecule has 2 aromatic carbocycles. The number of hydrogen-bond acceptors (Lipinski definition) is 5. The first-order valence-electron chi connectivity index (χ1n) is 12.2. The molecule has 1 saturated carbocycles. The number of nitrogens with zero attached hydrogens (tertiary/aromatic N) is 2. The van der Waals surface area contributed by atoms with Gasteiger partial charge < -0.3 is 24.6 Å². The lowest BCUT2D eigenvalue weighted by atomic mass is 9.93. The summed E-state index contributed by atoms with van der Waals surface area (Å²) in [6, 6.07) is 11.9. The highest BCUT2D eigenvalue weighted by Crippen LogP contribution is 2.22. The fourth-order valence-corrected chi connectivity index (χ4v) is 4.98. The molecule has 0 bridgehead atoms. The van der Waals surface area contributed by atoms with Crippen LogP contribution in [0.5, 0.6) is 0 Å². The summed E-state index contributed by atoms with van der Waals surface area (Å²) in [7, 11) is 0. The van der Waals surface area contributed by atoms with E-state index in [1.54, 1.807) is 12.3 Å². The highest BCUT2D eigenvalue weighted by atomic mass is 19.1. The van der Waals surface area contributed by atoms with Gasteiger partial charge in [-0.1, -0.05) is 0 Å². The van der Waals surface area contributed by atoms with Gasteiger partial charge in [0.1, 0.15) is 5.82 Å². The van der Waals surface area contributed by atoms with E-state index in [-0.39, 0.29) is 35.7 Å². The molecular weight excluding hydrogens is 449 g/mol. The van der Waals surface area contributed by atoms with Gasteiger partial charge in [-0.05, 0) is 79.1 Å². The summed E-state index contributed by atoms with van der Waals surface area (Å²) in [6.07, 6.45) is 4.11. The molecule has 35 heavy (non-hydrogen) atoms. The summed E-state index contributed by atoms with van der Waals surface area (Å²) < 4.78 is 21.3. The van der Waals surface area contributed by atoms with Crippen molar-refractivity contribution in [3.63, 3.8) is 0 Å². The third-order valence-electron chi connectivity index (χ3n) is 6.94. The van der Waals surface area contributed by atoms with Crippen LogP contribution in [0.2, 0.25) is 0 Å². The highest BCUT2D eigenvalue weighted by molar-refractivity contribution is 5.94. The molecule has 1 aliphatic heterocycles. The first-order valence-corrected chi connectivity index (χ1v) is 12.2. The monoisotopic (exact) mass is 479 g/mol. The number of benzene rings is 2. The Bertz CT molecular complexity index is 1280. The summed E-state index contributed by atoms with van der Waals surface area (Å²) in [4.78, 5) is 28.1. The van der Waals surface area contributed by atoms with Crippen LogP contribution >= 0.6 is 0 Å². The van der Waals surface area contributed by atoms with Crippen molar-refractivity contribution in [3.8, 4) is 0 Å². The normalized spacial score (nSPS) is 20.7. The molecule has 8 heteroatoms. The summed E-state index contributed by atoms with van der Waals surface area (Å²) in [5.41, 5.74) is 1.67. The first kappa shape index (κ1) is 23.5. The zero-order valence-electron chi connectivity index (χ0n) is 19.6. The van der Waals surface area contributed by atoms with E-state index in [1.807, 2.05) is 24.3 Å². The second-order valence-corrected chi connectivity index (χ2v) is 9.45. The highest BCUT2D eigenvalue weighted by Gasteiger charge is 2.22. The number of fused-ring (bicyclic) bond motifs is 1. The van der Waals surface area contributed by atoms with E-state index >= 15 is 0 Å². The van der Waals surface area contributed by atoms with Crippen LogP contribution in [0.3, 0.4) is 0 Å². The Labute approximate surface area is 203 Å². The van der Waals surface area contributed by atoms with Crippen molar-refractivity contribution in [1.29, 1.82) is 0 Å². The fourth-order valence-electron chi connectivity index (χ4n) is 4.98. The number of morpholine rings is 1. The van der Waals surface area contributed by atoms with Crippen molar-refractivity contribution in [3.05, 3.63) is 76.0 Å². The molecule has 0 unspecified atom stereocenters. The number of nitrogens with one attached hydrogen (secondary N) is 1. The molecule has 2 fully saturated rings. The van der Waals surface area contributed by atoms with E-state index in [4.69, 9.17) is 4.74 Å². The van der Waals surface area contributed by atoms with Gasteiger partial charge in [-0.2, -0.15) is 0 Å². The SMILES string of the molecule is O=C(NC1CCC(O)CC1)c1cc(F)cc(Cn2ccc3cc(N4CCOCC4)ccc3c2=O)c1. The smallest absolute Gasteiger partial charge is 0.258 e. The number of aliphatic hydroxyl groups is 1. The zero-order chi connectivity index (χ0) is 24.4. The van der Waals surface area contributed by atoms with Gasteiger partial charge in [0, 0.05) is 42.0 Å². The molecule has 3 aromatic rings. The van der Waals surface area contributed by atoms with Gasteiger partial charge in [-0.25, -0.2) is 4.39 Å². The minimum absolute atomic E-state index is 0.0249. The standard InChI is InChI=1S/C27H30FN3O4/c28-21-14-18(13-20(15-21)26(33)29-22-1-4-24(32)5-2-22)17-31-8-7-19-16-23(3-6-25(19)27(31)34)30-9-11-35-12-10-30/h3,6-8,13-16,22,24,32H,1-2,4-5,9-12,17H2,(H,29,33). The summed E-state index contributed by atoms with van der Waals surface area (Å²) >= 11 is 0. The predicted molar refractivity (Wildman–Crippen MR) is 132 cm³/mol. The molecule has 184 valence electrons. The Hall–Kier alpha value is -3.23. The Balaban J connectivity index is 1.34. The van der Waals surface area contributed by atoms with E-state index in [9.17, 15) is 19.1 Å². The van der Waals surface area contributed by atoms with E-state index in [0.717, 1.165) is 24.2 Å². The van der Waals surface area contributed by atoms with Gasteiger partial charge in [0.15, 0.2) is 0 Å². The van der Waals surface area contributed by atoms with Crippen LogP contribution in [0, 0.1) is 5.82 Å². The van der Waals surface area contributed by atoms with Crippen LogP contribution in [-0.4, -0.2) is 54.0 Å². The summed E-state index contributed by atoms with van der Waals surface area (Å²) in [5, 5.41) is 14.1.